The molecule has 0 amide bonds. The van der Waals surface area contributed by atoms with Crippen LogP contribution in [0.2, 0.25) is 0 Å². The van der Waals surface area contributed by atoms with E-state index in [4.69, 9.17) is 0 Å². The summed E-state index contributed by atoms with van der Waals surface area (Å²) in [5.74, 6) is 0.621. The first-order chi connectivity index (χ1) is 11.3. The van der Waals surface area contributed by atoms with Crippen LogP contribution >= 0.6 is 11.3 Å². The van der Waals surface area contributed by atoms with Crippen molar-refractivity contribution in [3.8, 4) is 11.3 Å². The van der Waals surface area contributed by atoms with E-state index in [0.717, 1.165) is 28.0 Å². The van der Waals surface area contributed by atoms with Gasteiger partial charge in [-0.3, -0.25) is 4.57 Å². The van der Waals surface area contributed by atoms with Gasteiger partial charge < -0.3 is 0 Å². The average molecular weight is 324 g/mol. The van der Waals surface area contributed by atoms with Gasteiger partial charge in [-0.15, -0.1) is 11.3 Å². The van der Waals surface area contributed by atoms with Gasteiger partial charge in [-0.05, 0) is 30.2 Å². The van der Waals surface area contributed by atoms with E-state index >= 15 is 0 Å². The van der Waals surface area contributed by atoms with Crippen molar-refractivity contribution in [1.82, 2.24) is 9.55 Å². The Hall–Kier alpha value is -1.94. The van der Waals surface area contributed by atoms with Crippen molar-refractivity contribution in [2.75, 3.05) is 0 Å². The van der Waals surface area contributed by atoms with Crippen LogP contribution in [-0.4, -0.2) is 9.55 Å². The molecule has 0 radical (unpaired) electrons. The number of fused-ring (bicyclic) bond motifs is 1. The maximum absolute atomic E-state index is 12.7. The molecule has 23 heavy (non-hydrogen) atoms. The summed E-state index contributed by atoms with van der Waals surface area (Å²) in [4.78, 5) is 18.1. The van der Waals surface area contributed by atoms with Crippen molar-refractivity contribution in [3.05, 3.63) is 52.3 Å². The van der Waals surface area contributed by atoms with E-state index in [1.165, 1.54) is 32.1 Å². The maximum atomic E-state index is 12.7. The molecule has 4 rings (SSSR count). The van der Waals surface area contributed by atoms with Crippen molar-refractivity contribution < 1.29 is 0 Å². The first-order valence-electron chi connectivity index (χ1n) is 8.36. The van der Waals surface area contributed by atoms with Crippen molar-refractivity contribution >= 4 is 21.6 Å². The average Bonchev–Trinajstić information content (AvgIpc) is 3.08. The Labute approximate surface area is 139 Å². The highest BCUT2D eigenvalue weighted by Crippen LogP contribution is 2.31. The Morgan fingerprint density at radius 2 is 1.87 bits per heavy atom. The zero-order valence-corrected chi connectivity index (χ0v) is 13.9. The minimum atomic E-state index is -0.107. The SMILES string of the molecule is O=c1nc(-c2ccccc2)c2ccsc2n1CC1CCCCC1. The van der Waals surface area contributed by atoms with Gasteiger partial charge in [0.1, 0.15) is 4.83 Å². The molecule has 1 fully saturated rings. The number of hydrogen-bond acceptors (Lipinski definition) is 3. The number of aromatic nitrogens is 2. The molecular weight excluding hydrogens is 304 g/mol. The fourth-order valence-corrected chi connectivity index (χ4v) is 4.50. The van der Waals surface area contributed by atoms with E-state index in [1.54, 1.807) is 11.3 Å². The highest BCUT2D eigenvalue weighted by Gasteiger charge is 2.18. The molecule has 0 bridgehead atoms. The van der Waals surface area contributed by atoms with E-state index in [-0.39, 0.29) is 5.69 Å². The fraction of sp³-hybridized carbons (Fsp3) is 0.368. The van der Waals surface area contributed by atoms with Gasteiger partial charge in [-0.25, -0.2) is 4.79 Å². The van der Waals surface area contributed by atoms with Gasteiger partial charge in [-0.1, -0.05) is 49.6 Å². The van der Waals surface area contributed by atoms with E-state index in [9.17, 15) is 4.79 Å². The molecule has 3 nitrogen and oxygen atoms in total. The zero-order chi connectivity index (χ0) is 15.6. The molecule has 1 saturated carbocycles. The van der Waals surface area contributed by atoms with Crippen LogP contribution in [0.25, 0.3) is 21.5 Å². The molecule has 1 aliphatic rings. The summed E-state index contributed by atoms with van der Waals surface area (Å²) < 4.78 is 1.91. The van der Waals surface area contributed by atoms with Crippen LogP contribution in [-0.2, 0) is 6.54 Å². The predicted octanol–water partition coefficient (Wildman–Crippen LogP) is 4.71. The minimum absolute atomic E-state index is 0.107. The Morgan fingerprint density at radius 3 is 2.65 bits per heavy atom. The van der Waals surface area contributed by atoms with Crippen molar-refractivity contribution in [2.45, 2.75) is 38.6 Å². The lowest BCUT2D eigenvalue weighted by atomic mass is 9.89. The van der Waals surface area contributed by atoms with Crippen LogP contribution < -0.4 is 5.69 Å². The number of hydrogen-bond donors (Lipinski definition) is 0. The van der Waals surface area contributed by atoms with Crippen molar-refractivity contribution in [2.24, 2.45) is 5.92 Å². The van der Waals surface area contributed by atoms with Gasteiger partial charge in [-0.2, -0.15) is 4.98 Å². The molecule has 0 atom stereocenters. The third-order valence-electron chi connectivity index (χ3n) is 4.80. The molecular formula is C19H20N2OS. The summed E-state index contributed by atoms with van der Waals surface area (Å²) in [5, 5.41) is 3.16. The standard InChI is InChI=1S/C19H20N2OS/c22-19-20-17(15-9-5-2-6-10-15)16-11-12-23-18(16)21(19)13-14-7-3-1-4-8-14/h2,5-6,9-12,14H,1,3-4,7-8,13H2. The molecule has 3 aromatic rings. The topological polar surface area (TPSA) is 34.9 Å². The minimum Gasteiger partial charge on any atom is -0.283 e. The highest BCUT2D eigenvalue weighted by molar-refractivity contribution is 7.16. The number of benzene rings is 1. The lowest BCUT2D eigenvalue weighted by Crippen LogP contribution is -2.27. The number of rotatable bonds is 3. The van der Waals surface area contributed by atoms with Crippen LogP contribution in [0, 0.1) is 5.92 Å². The summed E-state index contributed by atoms with van der Waals surface area (Å²) >= 11 is 1.65. The molecule has 2 heterocycles. The van der Waals surface area contributed by atoms with E-state index in [1.807, 2.05) is 34.9 Å². The van der Waals surface area contributed by atoms with Gasteiger partial charge in [0.25, 0.3) is 0 Å². The summed E-state index contributed by atoms with van der Waals surface area (Å²) in [6.45, 7) is 0.817. The molecule has 0 N–H and O–H groups in total. The first kappa shape index (κ1) is 14.6. The van der Waals surface area contributed by atoms with Crippen molar-refractivity contribution in [1.29, 1.82) is 0 Å². The van der Waals surface area contributed by atoms with Crippen molar-refractivity contribution in [3.63, 3.8) is 0 Å². The second-order valence-electron chi connectivity index (χ2n) is 6.36. The molecule has 1 aromatic carbocycles. The summed E-state index contributed by atoms with van der Waals surface area (Å²) in [6.07, 6.45) is 6.40. The monoisotopic (exact) mass is 324 g/mol. The number of thiophene rings is 1. The molecule has 0 spiro atoms. The molecule has 0 unspecified atom stereocenters. The van der Waals surface area contributed by atoms with Crippen LogP contribution in [0.3, 0.4) is 0 Å². The largest absolute Gasteiger partial charge is 0.349 e. The van der Waals surface area contributed by atoms with Gasteiger partial charge in [0.05, 0.1) is 5.69 Å². The Balaban J connectivity index is 1.80. The van der Waals surface area contributed by atoms with Gasteiger partial charge in [0, 0.05) is 17.5 Å². The van der Waals surface area contributed by atoms with E-state index < -0.39 is 0 Å². The fourth-order valence-electron chi connectivity index (χ4n) is 3.60. The lowest BCUT2D eigenvalue weighted by molar-refractivity contribution is 0.319. The molecule has 1 aliphatic carbocycles. The summed E-state index contributed by atoms with van der Waals surface area (Å²) in [6, 6.07) is 12.1. The highest BCUT2D eigenvalue weighted by atomic mass is 32.1. The third-order valence-corrected chi connectivity index (χ3v) is 5.73. The van der Waals surface area contributed by atoms with Crippen LogP contribution in [0.1, 0.15) is 32.1 Å². The maximum Gasteiger partial charge on any atom is 0.349 e. The molecule has 0 saturated heterocycles. The predicted molar refractivity (Wildman–Crippen MR) is 95.9 cm³/mol. The van der Waals surface area contributed by atoms with Crippen LogP contribution in [0.4, 0.5) is 0 Å². The first-order valence-corrected chi connectivity index (χ1v) is 9.24. The molecule has 4 heteroatoms. The Kier molecular flexibility index (Phi) is 4.00. The molecule has 118 valence electrons. The zero-order valence-electron chi connectivity index (χ0n) is 13.1. The quantitative estimate of drug-likeness (QED) is 0.699. The smallest absolute Gasteiger partial charge is 0.283 e. The molecule has 2 aromatic heterocycles. The normalized spacial score (nSPS) is 16.0. The third kappa shape index (κ3) is 2.83. The molecule has 0 aliphatic heterocycles. The lowest BCUT2D eigenvalue weighted by Gasteiger charge is -2.22. The Morgan fingerprint density at radius 1 is 1.09 bits per heavy atom. The van der Waals surface area contributed by atoms with Gasteiger partial charge in [0.15, 0.2) is 0 Å². The summed E-state index contributed by atoms with van der Waals surface area (Å²) in [7, 11) is 0. The van der Waals surface area contributed by atoms with Crippen LogP contribution in [0.5, 0.6) is 0 Å². The van der Waals surface area contributed by atoms with Crippen LogP contribution in [0.15, 0.2) is 46.6 Å². The summed E-state index contributed by atoms with van der Waals surface area (Å²) in [5.41, 5.74) is 1.72. The second kappa shape index (κ2) is 6.28. The number of nitrogens with zero attached hydrogens (tertiary/aromatic N) is 2. The van der Waals surface area contributed by atoms with Gasteiger partial charge in [0.2, 0.25) is 0 Å². The van der Waals surface area contributed by atoms with E-state index in [0.29, 0.717) is 5.92 Å². The van der Waals surface area contributed by atoms with Gasteiger partial charge >= 0.3 is 5.69 Å². The van der Waals surface area contributed by atoms with E-state index in [2.05, 4.69) is 16.4 Å². The Bertz CT molecular complexity index is 860. The second-order valence-corrected chi connectivity index (χ2v) is 7.26.